The van der Waals surface area contributed by atoms with Crippen LogP contribution < -0.4 is 4.74 Å². The van der Waals surface area contributed by atoms with Crippen LogP contribution in [0, 0.1) is 10.1 Å². The molecule has 0 N–H and O–H groups in total. The van der Waals surface area contributed by atoms with Crippen molar-refractivity contribution < 1.29 is 14.5 Å². The molecule has 0 aliphatic carbocycles. The van der Waals surface area contributed by atoms with E-state index in [1.54, 1.807) is 24.3 Å². The number of Topliss-reactive ketones (excluding diaryl/α,β-unsaturated/α-hetero) is 1. The Morgan fingerprint density at radius 2 is 2.11 bits per heavy atom. The Kier molecular flexibility index (Phi) is 3.51. The Balaban J connectivity index is 2.19. The first-order valence-corrected chi connectivity index (χ1v) is 5.45. The van der Waals surface area contributed by atoms with E-state index in [1.807, 2.05) is 0 Å². The van der Waals surface area contributed by atoms with Crippen molar-refractivity contribution in [3.05, 3.63) is 58.3 Å². The normalized spacial score (nSPS) is 9.95. The van der Waals surface area contributed by atoms with Gasteiger partial charge in [0.25, 0.3) is 5.69 Å². The van der Waals surface area contributed by atoms with Crippen molar-refractivity contribution in [3.63, 3.8) is 0 Å². The molecule has 1 heterocycles. The first-order chi connectivity index (χ1) is 9.06. The fourth-order valence-corrected chi connectivity index (χ4v) is 1.44. The van der Waals surface area contributed by atoms with Crippen molar-refractivity contribution >= 4 is 11.5 Å². The molecule has 0 saturated carbocycles. The molecule has 19 heavy (non-hydrogen) atoms. The van der Waals surface area contributed by atoms with Crippen LogP contribution in [0.25, 0.3) is 0 Å². The number of carbonyl (C=O) groups is 1. The standard InChI is InChI=1S/C13H10N2O4/c1-9(16)10-3-2-4-12(7-10)19-13-6-5-11(8-14-13)15(17)18/h2-8H,1H3. The Labute approximate surface area is 108 Å². The molecule has 0 bridgehead atoms. The van der Waals surface area contributed by atoms with Gasteiger partial charge in [0.15, 0.2) is 5.78 Å². The third kappa shape index (κ3) is 3.12. The molecule has 0 aliphatic heterocycles. The highest BCUT2D eigenvalue weighted by Gasteiger charge is 2.07. The van der Waals surface area contributed by atoms with Crippen molar-refractivity contribution in [2.75, 3.05) is 0 Å². The Morgan fingerprint density at radius 3 is 2.68 bits per heavy atom. The number of rotatable bonds is 4. The van der Waals surface area contributed by atoms with Crippen molar-refractivity contribution in [1.29, 1.82) is 0 Å². The second-order valence-electron chi connectivity index (χ2n) is 3.80. The van der Waals surface area contributed by atoms with Gasteiger partial charge in [-0.2, -0.15) is 0 Å². The summed E-state index contributed by atoms with van der Waals surface area (Å²) in [6.07, 6.45) is 1.12. The predicted molar refractivity (Wildman–Crippen MR) is 67.4 cm³/mol. The lowest BCUT2D eigenvalue weighted by Gasteiger charge is -2.05. The van der Waals surface area contributed by atoms with Gasteiger partial charge in [0, 0.05) is 17.7 Å². The van der Waals surface area contributed by atoms with Gasteiger partial charge in [0.05, 0.1) is 4.92 Å². The van der Waals surface area contributed by atoms with Crippen LogP contribution >= 0.6 is 0 Å². The molecule has 0 fully saturated rings. The Morgan fingerprint density at radius 1 is 1.32 bits per heavy atom. The summed E-state index contributed by atoms with van der Waals surface area (Å²) in [5.41, 5.74) is 0.421. The van der Waals surface area contributed by atoms with E-state index in [-0.39, 0.29) is 17.4 Å². The predicted octanol–water partition coefficient (Wildman–Crippen LogP) is 2.98. The summed E-state index contributed by atoms with van der Waals surface area (Å²) in [6, 6.07) is 9.34. The Bertz CT molecular complexity index is 623. The number of carbonyl (C=O) groups excluding carboxylic acids is 1. The number of nitrogens with zero attached hydrogens (tertiary/aromatic N) is 2. The summed E-state index contributed by atoms with van der Waals surface area (Å²) in [7, 11) is 0. The van der Waals surface area contributed by atoms with E-state index in [1.165, 1.54) is 19.1 Å². The smallest absolute Gasteiger partial charge is 0.287 e. The minimum atomic E-state index is -0.535. The zero-order valence-electron chi connectivity index (χ0n) is 10.1. The molecule has 0 amide bonds. The average Bonchev–Trinajstić information content (AvgIpc) is 2.39. The summed E-state index contributed by atoms with van der Waals surface area (Å²) >= 11 is 0. The van der Waals surface area contributed by atoms with E-state index in [4.69, 9.17) is 4.74 Å². The number of pyridine rings is 1. The van der Waals surface area contributed by atoms with Crippen LogP contribution in [-0.2, 0) is 0 Å². The van der Waals surface area contributed by atoms with Gasteiger partial charge in [0.1, 0.15) is 11.9 Å². The molecule has 1 aromatic carbocycles. The first kappa shape index (κ1) is 12.7. The number of hydrogen-bond donors (Lipinski definition) is 0. The summed E-state index contributed by atoms with van der Waals surface area (Å²) in [5.74, 6) is 0.613. The second-order valence-corrected chi connectivity index (χ2v) is 3.80. The van der Waals surface area contributed by atoms with Crippen molar-refractivity contribution in [2.45, 2.75) is 6.92 Å². The van der Waals surface area contributed by atoms with Gasteiger partial charge in [-0.25, -0.2) is 4.98 Å². The lowest BCUT2D eigenvalue weighted by molar-refractivity contribution is -0.385. The van der Waals surface area contributed by atoms with Crippen LogP contribution in [0.3, 0.4) is 0 Å². The van der Waals surface area contributed by atoms with Crippen LogP contribution in [0.15, 0.2) is 42.6 Å². The maximum absolute atomic E-state index is 11.2. The topological polar surface area (TPSA) is 82.3 Å². The average molecular weight is 258 g/mol. The van der Waals surface area contributed by atoms with Gasteiger partial charge >= 0.3 is 0 Å². The Hall–Kier alpha value is -2.76. The van der Waals surface area contributed by atoms with Gasteiger partial charge in [-0.15, -0.1) is 0 Å². The number of benzene rings is 1. The van der Waals surface area contributed by atoms with E-state index in [9.17, 15) is 14.9 Å². The summed E-state index contributed by atoms with van der Waals surface area (Å²) in [6.45, 7) is 1.46. The molecule has 96 valence electrons. The molecule has 0 unspecified atom stereocenters. The highest BCUT2D eigenvalue weighted by molar-refractivity contribution is 5.94. The van der Waals surface area contributed by atoms with E-state index in [0.29, 0.717) is 11.3 Å². The van der Waals surface area contributed by atoms with Crippen LogP contribution in [-0.4, -0.2) is 15.7 Å². The second kappa shape index (κ2) is 5.26. The molecule has 0 aliphatic rings. The van der Waals surface area contributed by atoms with Gasteiger partial charge in [0.2, 0.25) is 5.88 Å². The van der Waals surface area contributed by atoms with Gasteiger partial charge in [-0.05, 0) is 19.1 Å². The van der Waals surface area contributed by atoms with Gasteiger partial charge < -0.3 is 4.74 Å². The molecule has 0 saturated heterocycles. The third-order valence-electron chi connectivity index (χ3n) is 2.39. The van der Waals surface area contributed by atoms with E-state index in [2.05, 4.69) is 4.98 Å². The molecule has 0 atom stereocenters. The lowest BCUT2D eigenvalue weighted by atomic mass is 10.1. The number of ether oxygens (including phenoxy) is 1. The number of ketones is 1. The highest BCUT2D eigenvalue weighted by Crippen LogP contribution is 2.22. The van der Waals surface area contributed by atoms with Gasteiger partial charge in [-0.3, -0.25) is 14.9 Å². The minimum Gasteiger partial charge on any atom is -0.439 e. The fraction of sp³-hybridized carbons (Fsp3) is 0.0769. The van der Waals surface area contributed by atoms with E-state index >= 15 is 0 Å². The van der Waals surface area contributed by atoms with Crippen LogP contribution in [0.2, 0.25) is 0 Å². The number of hydrogen-bond acceptors (Lipinski definition) is 5. The summed E-state index contributed by atoms with van der Waals surface area (Å²) in [4.78, 5) is 25.0. The van der Waals surface area contributed by atoms with Gasteiger partial charge in [-0.1, -0.05) is 12.1 Å². The molecule has 0 spiro atoms. The van der Waals surface area contributed by atoms with E-state index < -0.39 is 4.92 Å². The lowest BCUT2D eigenvalue weighted by Crippen LogP contribution is -1.94. The van der Waals surface area contributed by atoms with Crippen molar-refractivity contribution in [1.82, 2.24) is 4.98 Å². The van der Waals surface area contributed by atoms with Crippen LogP contribution in [0.5, 0.6) is 11.6 Å². The highest BCUT2D eigenvalue weighted by atomic mass is 16.6. The molecule has 0 radical (unpaired) electrons. The quantitative estimate of drug-likeness (QED) is 0.478. The van der Waals surface area contributed by atoms with Crippen LogP contribution in [0.1, 0.15) is 17.3 Å². The molecule has 2 aromatic rings. The SMILES string of the molecule is CC(=O)c1cccc(Oc2ccc([N+](=O)[O-])cn2)c1. The maximum atomic E-state index is 11.2. The first-order valence-electron chi connectivity index (χ1n) is 5.45. The summed E-state index contributed by atoms with van der Waals surface area (Å²) in [5, 5.41) is 10.5. The number of aromatic nitrogens is 1. The monoisotopic (exact) mass is 258 g/mol. The molecular formula is C13H10N2O4. The molecule has 6 heteroatoms. The minimum absolute atomic E-state index is 0.0675. The summed E-state index contributed by atoms with van der Waals surface area (Å²) < 4.78 is 5.42. The fourth-order valence-electron chi connectivity index (χ4n) is 1.44. The molecule has 2 rings (SSSR count). The molecule has 6 nitrogen and oxygen atoms in total. The number of nitro groups is 1. The zero-order valence-corrected chi connectivity index (χ0v) is 10.1. The maximum Gasteiger partial charge on any atom is 0.287 e. The third-order valence-corrected chi connectivity index (χ3v) is 2.39. The largest absolute Gasteiger partial charge is 0.439 e. The van der Waals surface area contributed by atoms with Crippen molar-refractivity contribution in [3.8, 4) is 11.6 Å². The van der Waals surface area contributed by atoms with E-state index in [0.717, 1.165) is 6.20 Å². The molecular weight excluding hydrogens is 248 g/mol. The zero-order chi connectivity index (χ0) is 13.8. The van der Waals surface area contributed by atoms with Crippen LogP contribution in [0.4, 0.5) is 5.69 Å². The molecule has 1 aromatic heterocycles. The van der Waals surface area contributed by atoms with Crippen molar-refractivity contribution in [2.24, 2.45) is 0 Å².